The van der Waals surface area contributed by atoms with Crippen molar-refractivity contribution in [2.75, 3.05) is 17.2 Å². The molecule has 1 unspecified atom stereocenters. The number of benzene rings is 3. The van der Waals surface area contributed by atoms with Crippen LogP contribution in [0.15, 0.2) is 78.0 Å². The molecule has 0 aliphatic carbocycles. The molecule has 0 bridgehead atoms. The molecule has 0 radical (unpaired) electrons. The molecule has 218 valence electrons. The van der Waals surface area contributed by atoms with Crippen LogP contribution in [0.25, 0.3) is 17.1 Å². The number of hydrogen-bond donors (Lipinski definition) is 1. The number of nitrogens with one attached hydrogen (secondary N) is 1. The molecule has 2 amide bonds. The maximum Gasteiger partial charge on any atom is 0.573 e. The molecular formula is C30H29F3N6O2S. The highest BCUT2D eigenvalue weighted by Crippen LogP contribution is 2.31. The van der Waals surface area contributed by atoms with E-state index in [1.54, 1.807) is 11.8 Å². The number of carbonyl (C=O) groups excluding carboxylic acids is 1. The molecule has 2 heterocycles. The van der Waals surface area contributed by atoms with Crippen molar-refractivity contribution in [3.63, 3.8) is 0 Å². The number of urea groups is 1. The molecule has 1 atom stereocenters. The number of aromatic nitrogens is 3. The number of thioether (sulfide) groups is 1. The van der Waals surface area contributed by atoms with Gasteiger partial charge in [0.25, 0.3) is 0 Å². The van der Waals surface area contributed by atoms with Gasteiger partial charge >= 0.3 is 12.4 Å². The van der Waals surface area contributed by atoms with Gasteiger partial charge in [-0.25, -0.2) is 14.5 Å². The lowest BCUT2D eigenvalue weighted by Gasteiger charge is -2.23. The largest absolute Gasteiger partial charge is 0.573 e. The van der Waals surface area contributed by atoms with E-state index in [-0.39, 0.29) is 11.8 Å². The fourth-order valence-electron chi connectivity index (χ4n) is 4.81. The van der Waals surface area contributed by atoms with Gasteiger partial charge in [-0.05, 0) is 61.2 Å². The van der Waals surface area contributed by atoms with Crippen LogP contribution in [0.5, 0.6) is 5.75 Å². The van der Waals surface area contributed by atoms with E-state index in [2.05, 4.69) is 56.0 Å². The highest BCUT2D eigenvalue weighted by Gasteiger charge is 2.31. The molecule has 42 heavy (non-hydrogen) atoms. The molecule has 0 spiro atoms. The van der Waals surface area contributed by atoms with E-state index < -0.39 is 12.4 Å². The molecule has 1 saturated heterocycles. The summed E-state index contributed by atoms with van der Waals surface area (Å²) in [5, 5.41) is 8.17. The summed E-state index contributed by atoms with van der Waals surface area (Å²) in [5.41, 5.74) is 5.59. The van der Waals surface area contributed by atoms with Crippen LogP contribution < -0.4 is 15.0 Å². The van der Waals surface area contributed by atoms with Crippen molar-refractivity contribution in [3.05, 3.63) is 89.7 Å². The normalized spacial score (nSPS) is 15.2. The highest BCUT2D eigenvalue weighted by atomic mass is 32.2. The van der Waals surface area contributed by atoms with Crippen molar-refractivity contribution in [3.8, 4) is 22.8 Å². The lowest BCUT2D eigenvalue weighted by molar-refractivity contribution is -0.274. The van der Waals surface area contributed by atoms with Crippen molar-refractivity contribution in [2.45, 2.75) is 39.6 Å². The Balaban J connectivity index is 1.25. The van der Waals surface area contributed by atoms with Gasteiger partial charge in [-0.3, -0.25) is 0 Å². The average Bonchev–Trinajstić information content (AvgIpc) is 3.62. The number of carbonyl (C=O) groups is 1. The Morgan fingerprint density at radius 3 is 2.40 bits per heavy atom. The Kier molecular flexibility index (Phi) is 8.53. The molecule has 3 aromatic carbocycles. The van der Waals surface area contributed by atoms with Gasteiger partial charge in [-0.1, -0.05) is 61.2 Å². The number of nitrogens with zero attached hydrogens (tertiary/aromatic N) is 5. The van der Waals surface area contributed by atoms with Gasteiger partial charge < -0.3 is 15.0 Å². The summed E-state index contributed by atoms with van der Waals surface area (Å²) < 4.78 is 42.6. The molecule has 1 aromatic heterocycles. The Bertz CT molecular complexity index is 1570. The number of amidine groups is 1. The van der Waals surface area contributed by atoms with Gasteiger partial charge in [0.05, 0.1) is 11.7 Å². The molecule has 1 aliphatic heterocycles. The van der Waals surface area contributed by atoms with Crippen LogP contribution in [0.4, 0.5) is 23.7 Å². The Morgan fingerprint density at radius 2 is 1.76 bits per heavy atom. The van der Waals surface area contributed by atoms with Crippen molar-refractivity contribution in [1.29, 1.82) is 0 Å². The SMILES string of the molecule is CCC(NC(=O)N=C1SCCN1c1c(C)cccc1C)c1ccc(-c2ncn(-c3ccc(OC(F)(F)F)cc3)n2)cc1. The molecule has 8 nitrogen and oxygen atoms in total. The van der Waals surface area contributed by atoms with Crippen LogP contribution in [-0.2, 0) is 0 Å². The first kappa shape index (κ1) is 29.2. The predicted molar refractivity (Wildman–Crippen MR) is 158 cm³/mol. The van der Waals surface area contributed by atoms with Crippen LogP contribution in [0.1, 0.15) is 36.1 Å². The van der Waals surface area contributed by atoms with Gasteiger partial charge in [0.2, 0.25) is 0 Å². The first-order valence-corrected chi connectivity index (χ1v) is 14.3. The minimum Gasteiger partial charge on any atom is -0.406 e. The zero-order valence-electron chi connectivity index (χ0n) is 23.2. The summed E-state index contributed by atoms with van der Waals surface area (Å²) in [6.07, 6.45) is -2.59. The van der Waals surface area contributed by atoms with E-state index in [9.17, 15) is 18.0 Å². The van der Waals surface area contributed by atoms with Crippen LogP contribution in [0, 0.1) is 13.8 Å². The third-order valence-corrected chi connectivity index (χ3v) is 7.74. The second-order valence-electron chi connectivity index (χ2n) is 9.72. The lowest BCUT2D eigenvalue weighted by atomic mass is 10.0. The van der Waals surface area contributed by atoms with Gasteiger partial charge in [-0.2, -0.15) is 4.99 Å². The number of alkyl halides is 3. The fourth-order valence-corrected chi connectivity index (χ4v) is 5.75. The number of rotatable bonds is 7. The topological polar surface area (TPSA) is 84.6 Å². The predicted octanol–water partition coefficient (Wildman–Crippen LogP) is 7.22. The number of amides is 2. The Labute approximate surface area is 245 Å². The molecule has 1 aliphatic rings. The number of ether oxygens (including phenoxy) is 1. The standard InChI is InChI=1S/C30H29F3N6O2S/c1-4-25(35-28(40)36-29-38(16-17-42-29)26-19(2)6-5-7-20(26)3)21-8-10-22(11-9-21)27-34-18-39(37-27)23-12-14-24(15-13-23)41-30(31,32)33/h5-15,18,25H,4,16-17H2,1-3H3,(H,35,40). The van der Waals surface area contributed by atoms with Crippen molar-refractivity contribution in [1.82, 2.24) is 20.1 Å². The average molecular weight is 595 g/mol. The van der Waals surface area contributed by atoms with E-state index in [0.29, 0.717) is 23.1 Å². The maximum absolute atomic E-state index is 13.0. The van der Waals surface area contributed by atoms with Gasteiger partial charge in [0, 0.05) is 23.5 Å². The second kappa shape index (κ2) is 12.3. The minimum absolute atomic E-state index is 0.237. The van der Waals surface area contributed by atoms with Gasteiger partial charge in [0.1, 0.15) is 12.1 Å². The molecule has 1 fully saturated rings. The van der Waals surface area contributed by atoms with Crippen LogP contribution >= 0.6 is 11.8 Å². The smallest absolute Gasteiger partial charge is 0.406 e. The Hall–Kier alpha value is -4.32. The molecule has 1 N–H and O–H groups in total. The quantitative estimate of drug-likeness (QED) is 0.243. The van der Waals surface area contributed by atoms with E-state index >= 15 is 0 Å². The monoisotopic (exact) mass is 594 g/mol. The van der Waals surface area contributed by atoms with Crippen molar-refractivity contribution < 1.29 is 22.7 Å². The third kappa shape index (κ3) is 6.76. The summed E-state index contributed by atoms with van der Waals surface area (Å²) in [7, 11) is 0. The highest BCUT2D eigenvalue weighted by molar-refractivity contribution is 8.14. The zero-order valence-corrected chi connectivity index (χ0v) is 24.0. The van der Waals surface area contributed by atoms with E-state index in [1.165, 1.54) is 35.3 Å². The van der Waals surface area contributed by atoms with Crippen LogP contribution in [0.3, 0.4) is 0 Å². The molecule has 0 saturated carbocycles. The van der Waals surface area contributed by atoms with Crippen molar-refractivity contribution in [2.24, 2.45) is 4.99 Å². The molecule has 12 heteroatoms. The lowest BCUT2D eigenvalue weighted by Crippen LogP contribution is -2.30. The van der Waals surface area contributed by atoms with Crippen LogP contribution in [0.2, 0.25) is 0 Å². The number of aliphatic imine (C=N–C) groups is 1. The fraction of sp³-hybridized carbons (Fsp3) is 0.267. The van der Waals surface area contributed by atoms with Crippen LogP contribution in [-0.4, -0.2) is 44.6 Å². The van der Waals surface area contributed by atoms with E-state index in [0.717, 1.165) is 40.2 Å². The summed E-state index contributed by atoms with van der Waals surface area (Å²) in [6.45, 7) is 6.92. The summed E-state index contributed by atoms with van der Waals surface area (Å²) in [5.74, 6) is 0.998. The summed E-state index contributed by atoms with van der Waals surface area (Å²) >= 11 is 1.57. The first-order valence-electron chi connectivity index (χ1n) is 13.3. The number of hydrogen-bond acceptors (Lipinski definition) is 5. The number of anilines is 1. The number of halogens is 3. The third-order valence-electron chi connectivity index (χ3n) is 6.79. The maximum atomic E-state index is 13.0. The molecule has 5 rings (SSSR count). The summed E-state index contributed by atoms with van der Waals surface area (Å²) in [6, 6.07) is 18.4. The summed E-state index contributed by atoms with van der Waals surface area (Å²) in [4.78, 5) is 23.8. The number of aryl methyl sites for hydroxylation is 2. The number of para-hydroxylation sites is 1. The minimum atomic E-state index is -4.75. The van der Waals surface area contributed by atoms with E-state index in [1.807, 2.05) is 37.3 Å². The van der Waals surface area contributed by atoms with Crippen molar-refractivity contribution >= 4 is 28.6 Å². The Morgan fingerprint density at radius 1 is 1.07 bits per heavy atom. The zero-order chi connectivity index (χ0) is 29.9. The first-order chi connectivity index (χ1) is 20.1. The molecule has 4 aromatic rings. The van der Waals surface area contributed by atoms with E-state index in [4.69, 9.17) is 0 Å². The molecular weight excluding hydrogens is 565 g/mol. The van der Waals surface area contributed by atoms with Gasteiger partial charge in [-0.15, -0.1) is 18.3 Å². The van der Waals surface area contributed by atoms with Gasteiger partial charge in [0.15, 0.2) is 11.0 Å². The second-order valence-corrected chi connectivity index (χ2v) is 10.8.